The zero-order valence-corrected chi connectivity index (χ0v) is 8.24. The maximum absolute atomic E-state index is 7.16. The number of ether oxygens (including phenoxy) is 1. The molecule has 1 unspecified atom stereocenters. The maximum atomic E-state index is 7.16. The number of methoxy groups -OCH3 is 1. The Morgan fingerprint density at radius 2 is 2.21 bits per heavy atom. The van der Waals surface area contributed by atoms with E-state index < -0.39 is 6.17 Å². The molecular weight excluding hydrogens is 180 g/mol. The van der Waals surface area contributed by atoms with Crippen LogP contribution in [0.4, 0.5) is 0 Å². The molecule has 0 aliphatic rings. The van der Waals surface area contributed by atoms with Crippen LogP contribution in [0.15, 0.2) is 4.99 Å². The Hall–Kier alpha value is -1.88. The van der Waals surface area contributed by atoms with Gasteiger partial charge in [-0.1, -0.05) is 13.5 Å². The SMILES string of the molecule is [C-]#[N+]C(=N)C(N=C(CCC)OC)[N+]#[C-]. The van der Waals surface area contributed by atoms with E-state index in [2.05, 4.69) is 14.7 Å². The predicted molar refractivity (Wildman–Crippen MR) is 54.1 cm³/mol. The number of nitrogens with one attached hydrogen (secondary N) is 1. The van der Waals surface area contributed by atoms with Crippen LogP contribution in [-0.4, -0.2) is 25.0 Å². The summed E-state index contributed by atoms with van der Waals surface area (Å²) >= 11 is 0. The van der Waals surface area contributed by atoms with Gasteiger partial charge in [-0.25, -0.2) is 6.57 Å². The minimum atomic E-state index is -1.05. The van der Waals surface area contributed by atoms with Crippen LogP contribution in [0.1, 0.15) is 19.8 Å². The van der Waals surface area contributed by atoms with Crippen molar-refractivity contribution in [1.82, 2.24) is 0 Å². The summed E-state index contributed by atoms with van der Waals surface area (Å²) in [5.74, 6) is 0.0487. The van der Waals surface area contributed by atoms with Gasteiger partial charge in [0.25, 0.3) is 0 Å². The lowest BCUT2D eigenvalue weighted by molar-refractivity contribution is 0.387. The van der Waals surface area contributed by atoms with Crippen molar-refractivity contribution in [2.75, 3.05) is 7.11 Å². The summed E-state index contributed by atoms with van der Waals surface area (Å²) < 4.78 is 4.92. The summed E-state index contributed by atoms with van der Waals surface area (Å²) in [7, 11) is 1.47. The molecule has 0 aliphatic heterocycles. The minimum Gasteiger partial charge on any atom is -0.484 e. The van der Waals surface area contributed by atoms with Crippen LogP contribution in [0.5, 0.6) is 0 Å². The van der Waals surface area contributed by atoms with Crippen LogP contribution in [0, 0.1) is 18.6 Å². The van der Waals surface area contributed by atoms with E-state index in [0.29, 0.717) is 12.3 Å². The van der Waals surface area contributed by atoms with E-state index in [4.69, 9.17) is 23.3 Å². The molecule has 0 heterocycles. The van der Waals surface area contributed by atoms with E-state index in [1.54, 1.807) is 0 Å². The average Bonchev–Trinajstić information content (AvgIpc) is 2.23. The van der Waals surface area contributed by atoms with Crippen LogP contribution in [0.25, 0.3) is 9.69 Å². The Kier molecular flexibility index (Phi) is 5.73. The van der Waals surface area contributed by atoms with Crippen LogP contribution in [-0.2, 0) is 4.74 Å². The molecule has 0 aromatic heterocycles. The summed E-state index contributed by atoms with van der Waals surface area (Å²) in [6.45, 7) is 15.3. The van der Waals surface area contributed by atoms with Crippen molar-refractivity contribution in [2.24, 2.45) is 4.99 Å². The highest BCUT2D eigenvalue weighted by Crippen LogP contribution is 2.02. The number of nitrogens with zero attached hydrogens (tertiary/aromatic N) is 3. The summed E-state index contributed by atoms with van der Waals surface area (Å²) in [6, 6.07) is 0. The highest BCUT2D eigenvalue weighted by Gasteiger charge is 2.19. The lowest BCUT2D eigenvalue weighted by atomic mass is 10.3. The van der Waals surface area contributed by atoms with Gasteiger partial charge in [0.1, 0.15) is 0 Å². The number of amidine groups is 1. The summed E-state index contributed by atoms with van der Waals surface area (Å²) in [5.41, 5.74) is 0. The Labute approximate surface area is 83.6 Å². The van der Waals surface area contributed by atoms with Crippen molar-refractivity contribution in [3.63, 3.8) is 0 Å². The molecule has 74 valence electrons. The molecule has 0 rings (SSSR count). The van der Waals surface area contributed by atoms with Gasteiger partial charge >= 0.3 is 12.0 Å². The zero-order valence-electron chi connectivity index (χ0n) is 8.24. The van der Waals surface area contributed by atoms with E-state index in [-0.39, 0.29) is 5.84 Å². The normalized spacial score (nSPS) is 12.4. The van der Waals surface area contributed by atoms with E-state index in [1.807, 2.05) is 6.92 Å². The summed E-state index contributed by atoms with van der Waals surface area (Å²) in [4.78, 5) is 9.81. The molecule has 0 radical (unpaired) electrons. The Bertz CT molecular complexity index is 308. The first-order valence-corrected chi connectivity index (χ1v) is 4.12. The second-order valence-corrected chi connectivity index (χ2v) is 2.48. The fourth-order valence-corrected chi connectivity index (χ4v) is 0.778. The lowest BCUT2D eigenvalue weighted by Gasteiger charge is -2.03. The first-order chi connectivity index (χ1) is 6.69. The molecule has 0 aliphatic carbocycles. The van der Waals surface area contributed by atoms with Crippen molar-refractivity contribution >= 4 is 11.7 Å². The van der Waals surface area contributed by atoms with E-state index in [0.717, 1.165) is 6.42 Å². The van der Waals surface area contributed by atoms with E-state index in [9.17, 15) is 0 Å². The van der Waals surface area contributed by atoms with Gasteiger partial charge in [0.15, 0.2) is 5.90 Å². The van der Waals surface area contributed by atoms with Crippen LogP contribution in [0.3, 0.4) is 0 Å². The van der Waals surface area contributed by atoms with Crippen LogP contribution in [0.2, 0.25) is 0 Å². The Morgan fingerprint density at radius 3 is 2.57 bits per heavy atom. The molecule has 5 nitrogen and oxygen atoms in total. The number of hydrogen-bond acceptors (Lipinski definition) is 3. The molecular formula is C9H12N4O. The van der Waals surface area contributed by atoms with E-state index >= 15 is 0 Å². The first kappa shape index (κ1) is 12.1. The third kappa shape index (κ3) is 3.68. The third-order valence-electron chi connectivity index (χ3n) is 1.45. The molecule has 0 spiro atoms. The minimum absolute atomic E-state index is 0.370. The molecule has 0 saturated heterocycles. The smallest absolute Gasteiger partial charge is 0.373 e. The van der Waals surface area contributed by atoms with Crippen molar-refractivity contribution in [2.45, 2.75) is 25.9 Å². The lowest BCUT2D eigenvalue weighted by Crippen LogP contribution is -2.13. The second-order valence-electron chi connectivity index (χ2n) is 2.48. The van der Waals surface area contributed by atoms with Gasteiger partial charge in [-0.15, -0.1) is 0 Å². The van der Waals surface area contributed by atoms with Gasteiger partial charge in [-0.3, -0.25) is 4.85 Å². The third-order valence-corrected chi connectivity index (χ3v) is 1.45. The van der Waals surface area contributed by atoms with Gasteiger partial charge in [0.2, 0.25) is 0 Å². The van der Waals surface area contributed by atoms with Gasteiger partial charge in [0, 0.05) is 6.42 Å². The number of hydrogen-bond donors (Lipinski definition) is 1. The van der Waals surface area contributed by atoms with Gasteiger partial charge in [0.05, 0.1) is 7.11 Å². The zero-order chi connectivity index (χ0) is 11.0. The molecule has 5 heteroatoms. The molecule has 1 atom stereocenters. The summed E-state index contributed by atoms with van der Waals surface area (Å²) in [5, 5.41) is 7.16. The quantitative estimate of drug-likeness (QED) is 0.413. The average molecular weight is 192 g/mol. The van der Waals surface area contributed by atoms with Gasteiger partial charge in [-0.2, -0.15) is 10.4 Å². The highest BCUT2D eigenvalue weighted by molar-refractivity contribution is 5.95. The van der Waals surface area contributed by atoms with Crippen LogP contribution >= 0.6 is 0 Å². The van der Waals surface area contributed by atoms with E-state index in [1.165, 1.54) is 7.11 Å². The molecule has 0 aromatic carbocycles. The largest absolute Gasteiger partial charge is 0.484 e. The molecule has 0 aromatic rings. The maximum Gasteiger partial charge on any atom is 0.373 e. The molecule has 0 amide bonds. The molecule has 0 bridgehead atoms. The second kappa shape index (κ2) is 6.62. The number of rotatable bonds is 4. The first-order valence-electron chi connectivity index (χ1n) is 4.12. The van der Waals surface area contributed by atoms with Crippen molar-refractivity contribution < 1.29 is 4.74 Å². The fourth-order valence-electron chi connectivity index (χ4n) is 0.778. The standard InChI is InChI=1S/C9H12N4O/c1-5-6-7(14-4)13-9(12-3)8(10)11-2/h9-10H,5-6H2,1,4H3. The highest BCUT2D eigenvalue weighted by atomic mass is 16.5. The monoisotopic (exact) mass is 192 g/mol. The fraction of sp³-hybridized carbons (Fsp3) is 0.556. The van der Waals surface area contributed by atoms with Crippen molar-refractivity contribution in [3.8, 4) is 0 Å². The topological polar surface area (TPSA) is 54.2 Å². The van der Waals surface area contributed by atoms with Gasteiger partial charge in [-0.05, 0) is 6.42 Å². The molecule has 14 heavy (non-hydrogen) atoms. The number of aliphatic imine (C=N–C) groups is 1. The summed E-state index contributed by atoms with van der Waals surface area (Å²) in [6.07, 6.45) is 0.422. The van der Waals surface area contributed by atoms with Crippen molar-refractivity contribution in [1.29, 1.82) is 5.41 Å². The Balaban J connectivity index is 4.65. The van der Waals surface area contributed by atoms with Crippen molar-refractivity contribution in [3.05, 3.63) is 22.8 Å². The molecule has 0 fully saturated rings. The van der Waals surface area contributed by atoms with Gasteiger partial charge < -0.3 is 9.58 Å². The van der Waals surface area contributed by atoms with Crippen LogP contribution < -0.4 is 0 Å². The molecule has 1 N–H and O–H groups in total. The predicted octanol–water partition coefficient (Wildman–Crippen LogP) is 1.97. The Morgan fingerprint density at radius 1 is 1.57 bits per heavy atom. The molecule has 0 saturated carbocycles.